The maximum Gasteiger partial charge on any atom is 0.203 e. The fourth-order valence-electron chi connectivity index (χ4n) is 1.63. The van der Waals surface area contributed by atoms with Crippen LogP contribution in [0.1, 0.15) is 10.4 Å². The number of ether oxygens (including phenoxy) is 2. The molecule has 0 atom stereocenters. The summed E-state index contributed by atoms with van der Waals surface area (Å²) in [7, 11) is 1.49. The van der Waals surface area contributed by atoms with Gasteiger partial charge < -0.3 is 14.6 Å². The Balaban J connectivity index is 2.03. The van der Waals surface area contributed by atoms with E-state index in [2.05, 4.69) is 15.9 Å². The van der Waals surface area contributed by atoms with Crippen LogP contribution in [0.4, 0.5) is 0 Å². The summed E-state index contributed by atoms with van der Waals surface area (Å²) in [5, 5.41) is 9.76. The second kappa shape index (κ2) is 6.43. The molecule has 0 aliphatic rings. The lowest BCUT2D eigenvalue weighted by Gasteiger charge is -2.08. The molecular weight excluding hydrogens is 324 g/mol. The van der Waals surface area contributed by atoms with E-state index in [9.17, 15) is 9.90 Å². The van der Waals surface area contributed by atoms with Gasteiger partial charge in [-0.3, -0.25) is 4.79 Å². The summed E-state index contributed by atoms with van der Waals surface area (Å²) in [6, 6.07) is 11.7. The number of rotatable bonds is 5. The molecule has 0 aliphatic carbocycles. The molecule has 2 rings (SSSR count). The predicted octanol–water partition coefficient (Wildman–Crippen LogP) is 3.43. The molecule has 5 heteroatoms. The van der Waals surface area contributed by atoms with Gasteiger partial charge in [0, 0.05) is 10.5 Å². The van der Waals surface area contributed by atoms with Crippen molar-refractivity contribution in [1.29, 1.82) is 0 Å². The number of ketones is 1. The van der Waals surface area contributed by atoms with Gasteiger partial charge in [0.1, 0.15) is 17.2 Å². The topological polar surface area (TPSA) is 55.8 Å². The molecule has 4 nitrogen and oxygen atoms in total. The van der Waals surface area contributed by atoms with Crippen LogP contribution in [0.15, 0.2) is 46.9 Å². The summed E-state index contributed by atoms with van der Waals surface area (Å²) in [4.78, 5) is 12.0. The number of hydrogen-bond acceptors (Lipinski definition) is 4. The smallest absolute Gasteiger partial charge is 0.203 e. The van der Waals surface area contributed by atoms with E-state index in [4.69, 9.17) is 9.47 Å². The van der Waals surface area contributed by atoms with Gasteiger partial charge in [0.05, 0.1) is 12.7 Å². The number of methoxy groups -OCH3 is 1. The highest BCUT2D eigenvalue weighted by Gasteiger charge is 2.12. The summed E-state index contributed by atoms with van der Waals surface area (Å²) in [6.07, 6.45) is 0. The number of Topliss-reactive ketones (excluding diaryl/α,β-unsaturated/α-hetero) is 1. The quantitative estimate of drug-likeness (QED) is 0.850. The van der Waals surface area contributed by atoms with E-state index in [1.165, 1.54) is 19.2 Å². The van der Waals surface area contributed by atoms with E-state index in [1.54, 1.807) is 18.2 Å². The average Bonchev–Trinajstić information content (AvgIpc) is 2.46. The van der Waals surface area contributed by atoms with Crippen molar-refractivity contribution >= 4 is 21.7 Å². The third-order valence-electron chi connectivity index (χ3n) is 2.69. The minimum Gasteiger partial charge on any atom is -0.507 e. The lowest BCUT2D eigenvalue weighted by molar-refractivity contribution is 0.0919. The summed E-state index contributed by atoms with van der Waals surface area (Å²) in [5.74, 6) is 0.671. The molecule has 0 bridgehead atoms. The SMILES string of the molecule is COc1ccc(C(=O)COc2ccc(Br)cc2)c(O)c1. The Morgan fingerprint density at radius 3 is 2.40 bits per heavy atom. The third kappa shape index (κ3) is 3.51. The van der Waals surface area contributed by atoms with Crippen molar-refractivity contribution in [2.45, 2.75) is 0 Å². The highest BCUT2D eigenvalue weighted by molar-refractivity contribution is 9.10. The van der Waals surface area contributed by atoms with Crippen molar-refractivity contribution in [1.82, 2.24) is 0 Å². The number of aromatic hydroxyl groups is 1. The van der Waals surface area contributed by atoms with Crippen LogP contribution in [-0.4, -0.2) is 24.6 Å². The molecule has 0 unspecified atom stereocenters. The van der Waals surface area contributed by atoms with Crippen LogP contribution in [0.3, 0.4) is 0 Å². The summed E-state index contributed by atoms with van der Waals surface area (Å²) in [6.45, 7) is -0.137. The summed E-state index contributed by atoms with van der Waals surface area (Å²) in [5.41, 5.74) is 0.211. The zero-order valence-corrected chi connectivity index (χ0v) is 12.4. The number of halogens is 1. The summed E-state index contributed by atoms with van der Waals surface area (Å²) < 4.78 is 11.3. The predicted molar refractivity (Wildman–Crippen MR) is 78.6 cm³/mol. The van der Waals surface area contributed by atoms with E-state index in [0.717, 1.165) is 4.47 Å². The molecule has 0 amide bonds. The first-order chi connectivity index (χ1) is 9.60. The van der Waals surface area contributed by atoms with Gasteiger partial charge in [0.25, 0.3) is 0 Å². The molecule has 0 aliphatic heterocycles. The zero-order chi connectivity index (χ0) is 14.5. The van der Waals surface area contributed by atoms with Gasteiger partial charge in [-0.15, -0.1) is 0 Å². The standard InChI is InChI=1S/C15H13BrO4/c1-19-12-6-7-13(14(17)8-12)15(18)9-20-11-4-2-10(16)3-5-11/h2-8,17H,9H2,1H3. The molecule has 0 saturated carbocycles. The van der Waals surface area contributed by atoms with Crippen molar-refractivity contribution in [3.63, 3.8) is 0 Å². The maximum absolute atomic E-state index is 12.0. The Morgan fingerprint density at radius 2 is 1.80 bits per heavy atom. The van der Waals surface area contributed by atoms with E-state index in [-0.39, 0.29) is 23.7 Å². The largest absolute Gasteiger partial charge is 0.507 e. The molecule has 0 radical (unpaired) electrons. The second-order valence-electron chi connectivity index (χ2n) is 4.05. The molecule has 0 fully saturated rings. The molecule has 0 saturated heterocycles. The average molecular weight is 337 g/mol. The monoisotopic (exact) mass is 336 g/mol. The number of carbonyl (C=O) groups excluding carboxylic acids is 1. The number of carbonyl (C=O) groups is 1. The zero-order valence-electron chi connectivity index (χ0n) is 10.8. The van der Waals surface area contributed by atoms with Crippen LogP contribution in [-0.2, 0) is 0 Å². The van der Waals surface area contributed by atoms with Crippen LogP contribution in [0, 0.1) is 0 Å². The molecule has 104 valence electrons. The number of benzene rings is 2. The van der Waals surface area contributed by atoms with E-state index in [1.807, 2.05) is 12.1 Å². The lowest BCUT2D eigenvalue weighted by atomic mass is 10.1. The van der Waals surface area contributed by atoms with Crippen molar-refractivity contribution < 1.29 is 19.4 Å². The van der Waals surface area contributed by atoms with Gasteiger partial charge in [-0.05, 0) is 36.4 Å². The molecule has 0 heterocycles. The van der Waals surface area contributed by atoms with Gasteiger partial charge in [0.2, 0.25) is 5.78 Å². The molecule has 20 heavy (non-hydrogen) atoms. The van der Waals surface area contributed by atoms with Gasteiger partial charge in [0.15, 0.2) is 6.61 Å². The van der Waals surface area contributed by atoms with Crippen LogP contribution in [0.2, 0.25) is 0 Å². The van der Waals surface area contributed by atoms with Gasteiger partial charge in [-0.1, -0.05) is 15.9 Å². The van der Waals surface area contributed by atoms with Crippen molar-refractivity contribution in [2.24, 2.45) is 0 Å². The number of phenols is 1. The van der Waals surface area contributed by atoms with E-state index in [0.29, 0.717) is 11.5 Å². The van der Waals surface area contributed by atoms with Crippen LogP contribution < -0.4 is 9.47 Å². The molecule has 0 aromatic heterocycles. The van der Waals surface area contributed by atoms with Crippen LogP contribution in [0.25, 0.3) is 0 Å². The molecular formula is C15H13BrO4. The minimum atomic E-state index is -0.298. The Hall–Kier alpha value is -2.01. The Bertz CT molecular complexity index is 608. The Kier molecular flexibility index (Phi) is 4.63. The van der Waals surface area contributed by atoms with Gasteiger partial charge >= 0.3 is 0 Å². The third-order valence-corrected chi connectivity index (χ3v) is 3.22. The highest BCUT2D eigenvalue weighted by Crippen LogP contribution is 2.24. The fraction of sp³-hybridized carbons (Fsp3) is 0.133. The minimum absolute atomic E-state index is 0.117. The first-order valence-corrected chi connectivity index (χ1v) is 6.68. The molecule has 2 aromatic rings. The normalized spacial score (nSPS) is 10.1. The van der Waals surface area contributed by atoms with Gasteiger partial charge in [-0.2, -0.15) is 0 Å². The highest BCUT2D eigenvalue weighted by atomic mass is 79.9. The van der Waals surface area contributed by atoms with Crippen molar-refractivity contribution in [3.05, 3.63) is 52.5 Å². The molecule has 2 aromatic carbocycles. The second-order valence-corrected chi connectivity index (χ2v) is 4.96. The summed E-state index contributed by atoms with van der Waals surface area (Å²) >= 11 is 3.32. The molecule has 0 spiro atoms. The van der Waals surface area contributed by atoms with Crippen molar-refractivity contribution in [2.75, 3.05) is 13.7 Å². The van der Waals surface area contributed by atoms with Crippen molar-refractivity contribution in [3.8, 4) is 17.2 Å². The number of phenolic OH excluding ortho intramolecular Hbond substituents is 1. The van der Waals surface area contributed by atoms with Gasteiger partial charge in [-0.25, -0.2) is 0 Å². The maximum atomic E-state index is 12.0. The first-order valence-electron chi connectivity index (χ1n) is 5.88. The van der Waals surface area contributed by atoms with E-state index >= 15 is 0 Å². The lowest BCUT2D eigenvalue weighted by Crippen LogP contribution is -2.11. The van der Waals surface area contributed by atoms with E-state index < -0.39 is 0 Å². The number of hydrogen-bond donors (Lipinski definition) is 1. The Morgan fingerprint density at radius 1 is 1.15 bits per heavy atom. The fourth-order valence-corrected chi connectivity index (χ4v) is 1.90. The molecule has 1 N–H and O–H groups in total. The first kappa shape index (κ1) is 14.4. The Labute approximate surface area is 125 Å². The van der Waals surface area contributed by atoms with Crippen LogP contribution in [0.5, 0.6) is 17.2 Å². The van der Waals surface area contributed by atoms with Crippen LogP contribution >= 0.6 is 15.9 Å².